The zero-order valence-electron chi connectivity index (χ0n) is 16.6. The van der Waals surface area contributed by atoms with Gasteiger partial charge >= 0.3 is 0 Å². The van der Waals surface area contributed by atoms with Gasteiger partial charge in [0.15, 0.2) is 0 Å². The van der Waals surface area contributed by atoms with Crippen LogP contribution in [0.5, 0.6) is 0 Å². The summed E-state index contributed by atoms with van der Waals surface area (Å²) in [5, 5.41) is 7.64. The van der Waals surface area contributed by atoms with Gasteiger partial charge in [-0.15, -0.1) is 0 Å². The van der Waals surface area contributed by atoms with Crippen molar-refractivity contribution in [3.8, 4) is 0 Å². The van der Waals surface area contributed by atoms with Gasteiger partial charge in [-0.2, -0.15) is 0 Å². The largest absolute Gasteiger partial charge is 0.367 e. The lowest BCUT2D eigenvalue weighted by Gasteiger charge is -2.23. The Morgan fingerprint density at radius 3 is 1.80 bits per heavy atom. The molecule has 1 heterocycles. The first-order valence-electron chi connectivity index (χ1n) is 10.3. The molecule has 1 atom stereocenters. The van der Waals surface area contributed by atoms with Crippen LogP contribution >= 0.6 is 7.92 Å². The fraction of sp³-hybridized carbons (Fsp3) is 0.0741. The van der Waals surface area contributed by atoms with Crippen LogP contribution in [0.4, 0.5) is 0 Å². The average molecular weight is 406 g/mol. The van der Waals surface area contributed by atoms with Crippen LogP contribution in [0.25, 0.3) is 0 Å². The predicted octanol–water partition coefficient (Wildman–Crippen LogP) is 4.54. The standard InChI is InChI=1S/C27H23N2P/c1-4-12-21(13-5-1)27-28-20-25(29-27)24-18-10-11-19-26(24)30(22-14-6-2-7-15-22)23-16-8-3-9-17-23/h1-19,25H,20H2,(H,28,29)/t25-/m1/s1. The molecular weight excluding hydrogens is 383 g/mol. The number of amidine groups is 1. The van der Waals surface area contributed by atoms with Gasteiger partial charge in [-0.05, 0) is 29.4 Å². The minimum Gasteiger partial charge on any atom is -0.367 e. The fourth-order valence-electron chi connectivity index (χ4n) is 3.95. The molecule has 0 aliphatic carbocycles. The maximum atomic E-state index is 5.07. The molecular formula is C27H23N2P. The molecule has 0 bridgehead atoms. The summed E-state index contributed by atoms with van der Waals surface area (Å²) in [5.41, 5.74) is 2.46. The van der Waals surface area contributed by atoms with E-state index >= 15 is 0 Å². The van der Waals surface area contributed by atoms with Crippen molar-refractivity contribution in [2.75, 3.05) is 6.54 Å². The summed E-state index contributed by atoms with van der Waals surface area (Å²) in [7, 11) is -0.648. The van der Waals surface area contributed by atoms with E-state index in [0.29, 0.717) is 0 Å². The summed E-state index contributed by atoms with van der Waals surface area (Å²) in [4.78, 5) is 5.07. The molecule has 0 fully saturated rings. The van der Waals surface area contributed by atoms with Gasteiger partial charge in [-0.25, -0.2) is 0 Å². The Balaban J connectivity index is 1.59. The maximum Gasteiger partial charge on any atom is 0.129 e. The lowest BCUT2D eigenvalue weighted by Crippen LogP contribution is -2.25. The zero-order valence-corrected chi connectivity index (χ0v) is 17.5. The average Bonchev–Trinajstić information content (AvgIpc) is 3.32. The van der Waals surface area contributed by atoms with Gasteiger partial charge in [0, 0.05) is 12.1 Å². The minimum absolute atomic E-state index is 0.119. The van der Waals surface area contributed by atoms with Crippen LogP contribution in [0.2, 0.25) is 0 Å². The van der Waals surface area contributed by atoms with Crippen LogP contribution in [-0.4, -0.2) is 12.4 Å². The third kappa shape index (κ3) is 3.79. The van der Waals surface area contributed by atoms with Crippen molar-refractivity contribution < 1.29 is 0 Å². The molecule has 0 radical (unpaired) electrons. The fourth-order valence-corrected chi connectivity index (χ4v) is 6.46. The van der Waals surface area contributed by atoms with E-state index in [1.165, 1.54) is 21.5 Å². The van der Waals surface area contributed by atoms with Crippen molar-refractivity contribution in [1.29, 1.82) is 0 Å². The van der Waals surface area contributed by atoms with Crippen molar-refractivity contribution in [3.63, 3.8) is 0 Å². The third-order valence-electron chi connectivity index (χ3n) is 5.36. The highest BCUT2D eigenvalue weighted by Crippen LogP contribution is 2.36. The van der Waals surface area contributed by atoms with Gasteiger partial charge in [-0.1, -0.05) is 115 Å². The van der Waals surface area contributed by atoms with E-state index in [4.69, 9.17) is 4.99 Å². The maximum absolute atomic E-state index is 5.07. The Kier molecular flexibility index (Phi) is 5.42. The lowest BCUT2D eigenvalue weighted by atomic mass is 10.1. The molecule has 4 aromatic carbocycles. The molecule has 1 aliphatic rings. The number of rotatable bonds is 5. The van der Waals surface area contributed by atoms with Crippen molar-refractivity contribution >= 4 is 29.7 Å². The normalized spacial score (nSPS) is 15.6. The number of nitrogens with zero attached hydrogens (tertiary/aromatic N) is 1. The SMILES string of the molecule is c1ccc(C2=N[C@@H](c3ccccc3P(c3ccccc3)c3ccccc3)CN2)cc1. The number of nitrogens with one attached hydrogen (secondary N) is 1. The topological polar surface area (TPSA) is 24.4 Å². The van der Waals surface area contributed by atoms with Gasteiger partial charge in [0.25, 0.3) is 0 Å². The highest BCUT2D eigenvalue weighted by molar-refractivity contribution is 7.79. The van der Waals surface area contributed by atoms with E-state index in [2.05, 4.69) is 115 Å². The van der Waals surface area contributed by atoms with E-state index in [1.807, 2.05) is 6.07 Å². The second-order valence-corrected chi connectivity index (χ2v) is 9.49. The first kappa shape index (κ1) is 18.8. The molecule has 0 aromatic heterocycles. The van der Waals surface area contributed by atoms with Crippen LogP contribution < -0.4 is 21.2 Å². The van der Waals surface area contributed by atoms with E-state index < -0.39 is 7.92 Å². The molecule has 0 saturated carbocycles. The second kappa shape index (κ2) is 8.65. The van der Waals surface area contributed by atoms with Crippen LogP contribution in [0, 0.1) is 0 Å². The Labute approximate surface area is 179 Å². The Hall–Kier alpha value is -3.22. The first-order valence-corrected chi connectivity index (χ1v) is 11.6. The molecule has 5 rings (SSSR count). The number of hydrogen-bond donors (Lipinski definition) is 1. The molecule has 1 aliphatic heterocycles. The summed E-state index contributed by atoms with van der Waals surface area (Å²) >= 11 is 0. The molecule has 3 heteroatoms. The van der Waals surface area contributed by atoms with E-state index in [9.17, 15) is 0 Å². The first-order chi connectivity index (χ1) is 14.9. The molecule has 0 saturated heterocycles. The van der Waals surface area contributed by atoms with Gasteiger partial charge in [0.2, 0.25) is 0 Å². The van der Waals surface area contributed by atoms with Crippen molar-refractivity contribution in [2.45, 2.75) is 6.04 Å². The second-order valence-electron chi connectivity index (χ2n) is 7.31. The summed E-state index contributed by atoms with van der Waals surface area (Å²) < 4.78 is 0. The van der Waals surface area contributed by atoms with Crippen molar-refractivity contribution in [2.24, 2.45) is 4.99 Å². The summed E-state index contributed by atoms with van der Waals surface area (Å²) in [6.45, 7) is 0.827. The van der Waals surface area contributed by atoms with Gasteiger partial charge < -0.3 is 5.32 Å². The van der Waals surface area contributed by atoms with Crippen LogP contribution in [-0.2, 0) is 0 Å². The predicted molar refractivity (Wildman–Crippen MR) is 129 cm³/mol. The Bertz CT molecular complexity index is 1100. The quantitative estimate of drug-likeness (QED) is 0.484. The smallest absolute Gasteiger partial charge is 0.129 e. The molecule has 30 heavy (non-hydrogen) atoms. The van der Waals surface area contributed by atoms with Gasteiger partial charge in [0.05, 0.1) is 6.04 Å². The summed E-state index contributed by atoms with van der Waals surface area (Å²) in [5.74, 6) is 0.985. The molecule has 1 N–H and O–H groups in total. The van der Waals surface area contributed by atoms with Crippen molar-refractivity contribution in [1.82, 2.24) is 5.32 Å². The molecule has 4 aromatic rings. The van der Waals surface area contributed by atoms with Gasteiger partial charge in [0.1, 0.15) is 5.84 Å². The molecule has 0 spiro atoms. The summed E-state index contributed by atoms with van der Waals surface area (Å²) in [6, 6.07) is 41.1. The number of aliphatic imine (C=N–C) groups is 1. The Morgan fingerprint density at radius 2 is 1.17 bits per heavy atom. The number of benzene rings is 4. The van der Waals surface area contributed by atoms with E-state index in [-0.39, 0.29) is 6.04 Å². The lowest BCUT2D eigenvalue weighted by molar-refractivity contribution is 0.756. The summed E-state index contributed by atoms with van der Waals surface area (Å²) in [6.07, 6.45) is 0. The van der Waals surface area contributed by atoms with Crippen LogP contribution in [0.3, 0.4) is 0 Å². The van der Waals surface area contributed by atoms with E-state index in [0.717, 1.165) is 17.9 Å². The van der Waals surface area contributed by atoms with E-state index in [1.54, 1.807) is 0 Å². The molecule has 146 valence electrons. The van der Waals surface area contributed by atoms with Crippen molar-refractivity contribution in [3.05, 3.63) is 126 Å². The van der Waals surface area contributed by atoms with Crippen LogP contribution in [0.15, 0.2) is 120 Å². The third-order valence-corrected chi connectivity index (χ3v) is 7.88. The zero-order chi connectivity index (χ0) is 20.2. The number of hydrogen-bond acceptors (Lipinski definition) is 2. The van der Waals surface area contributed by atoms with Crippen LogP contribution in [0.1, 0.15) is 17.2 Å². The molecule has 0 unspecified atom stereocenters. The highest BCUT2D eigenvalue weighted by Gasteiger charge is 2.26. The van der Waals surface area contributed by atoms with Gasteiger partial charge in [-0.3, -0.25) is 4.99 Å². The monoisotopic (exact) mass is 406 g/mol. The molecule has 2 nitrogen and oxygen atoms in total. The minimum atomic E-state index is -0.648. The highest BCUT2D eigenvalue weighted by atomic mass is 31.1. The molecule has 0 amide bonds. The Morgan fingerprint density at radius 1 is 0.633 bits per heavy atom.